The lowest BCUT2D eigenvalue weighted by molar-refractivity contribution is 0.131. The minimum Gasteiger partial charge on any atom is -0.431 e. The first-order valence-electron chi connectivity index (χ1n) is 2.27. The molecule has 1 aliphatic heterocycles. The molecule has 0 saturated carbocycles. The van der Waals surface area contributed by atoms with Gasteiger partial charge in [0.2, 0.25) is 0 Å². The molecule has 0 N–H and O–H groups in total. The average molecular weight is 187 g/mol. The number of carbonyl (C=O) groups is 2. The lowest BCUT2D eigenvalue weighted by Crippen LogP contribution is -1.88. The first-order chi connectivity index (χ1) is 4.63. The van der Waals surface area contributed by atoms with Crippen LogP contribution < -0.4 is 0 Å². The number of ether oxygens (including phenoxy) is 2. The fraction of sp³-hybridized carbons (Fsp3) is 0.500. The highest BCUT2D eigenvalue weighted by Crippen LogP contribution is 1.92. The number of cyclic esters (lactones) is 2. The van der Waals surface area contributed by atoms with Crippen LogP contribution >= 0.6 is 23.2 Å². The standard InChI is InChI=1S/C3H4O3.CCl2O/c4-3-5-1-2-6-3;2-1(3)4/h1-2H2;. The quantitative estimate of drug-likeness (QED) is 0.428. The molecule has 0 unspecified atom stereocenters. The fourth-order valence-electron chi connectivity index (χ4n) is 0.292. The molecule has 0 atom stereocenters. The van der Waals surface area contributed by atoms with Crippen LogP contribution in [-0.2, 0) is 9.47 Å². The summed E-state index contributed by atoms with van der Waals surface area (Å²) in [5, 5.41) is 0. The Kier molecular flexibility index (Phi) is 5.06. The second kappa shape index (κ2) is 5.32. The van der Waals surface area contributed by atoms with E-state index in [1.165, 1.54) is 0 Å². The molecule has 58 valence electrons. The van der Waals surface area contributed by atoms with Gasteiger partial charge in [0, 0.05) is 0 Å². The lowest BCUT2D eigenvalue weighted by Gasteiger charge is -1.78. The number of rotatable bonds is 0. The molecule has 0 aromatic carbocycles. The van der Waals surface area contributed by atoms with Crippen LogP contribution in [-0.4, -0.2) is 24.1 Å². The largest absolute Gasteiger partial charge is 0.508 e. The molecule has 0 aromatic rings. The number of halogens is 2. The molecule has 1 rings (SSSR count). The maximum atomic E-state index is 9.80. The minimum absolute atomic E-state index is 0.416. The van der Waals surface area contributed by atoms with E-state index in [0.29, 0.717) is 13.2 Å². The summed E-state index contributed by atoms with van der Waals surface area (Å²) in [6, 6.07) is 0. The van der Waals surface area contributed by atoms with Gasteiger partial charge in [-0.1, -0.05) is 0 Å². The summed E-state index contributed by atoms with van der Waals surface area (Å²) in [5.41, 5.74) is 0. The van der Waals surface area contributed by atoms with Crippen molar-refractivity contribution in [1.29, 1.82) is 0 Å². The molecule has 0 aromatic heterocycles. The van der Waals surface area contributed by atoms with E-state index in [2.05, 4.69) is 32.7 Å². The highest BCUT2D eigenvalue weighted by atomic mass is 35.5. The normalized spacial score (nSPS) is 14.4. The first-order valence-corrected chi connectivity index (χ1v) is 3.03. The summed E-state index contributed by atoms with van der Waals surface area (Å²) in [4.78, 5) is 18.8. The third-order valence-electron chi connectivity index (χ3n) is 0.523. The summed E-state index contributed by atoms with van der Waals surface area (Å²) in [7, 11) is 0. The Morgan fingerprint density at radius 2 is 1.60 bits per heavy atom. The van der Waals surface area contributed by atoms with Gasteiger partial charge in [0.1, 0.15) is 13.2 Å². The van der Waals surface area contributed by atoms with Crippen LogP contribution in [0.2, 0.25) is 0 Å². The summed E-state index contributed by atoms with van der Waals surface area (Å²) in [5.74, 6) is 0. The second-order valence-corrected chi connectivity index (χ2v) is 2.05. The predicted octanol–water partition coefficient (Wildman–Crippen LogP) is 1.74. The molecule has 1 fully saturated rings. The molecule has 0 radical (unpaired) electrons. The Hall–Kier alpha value is -0.480. The van der Waals surface area contributed by atoms with Gasteiger partial charge in [0.25, 0.3) is 0 Å². The minimum atomic E-state index is -0.889. The van der Waals surface area contributed by atoms with E-state index in [0.717, 1.165) is 0 Å². The van der Waals surface area contributed by atoms with Crippen molar-refractivity contribution < 1.29 is 19.1 Å². The van der Waals surface area contributed by atoms with Gasteiger partial charge < -0.3 is 9.47 Å². The van der Waals surface area contributed by atoms with E-state index in [1.807, 2.05) is 0 Å². The van der Waals surface area contributed by atoms with Crippen molar-refractivity contribution in [1.82, 2.24) is 0 Å². The molecule has 1 heterocycles. The Labute approximate surface area is 67.0 Å². The zero-order chi connectivity index (χ0) is 7.98. The summed E-state index contributed by atoms with van der Waals surface area (Å²) in [6.45, 7) is 0.831. The Morgan fingerprint density at radius 3 is 1.70 bits per heavy atom. The van der Waals surface area contributed by atoms with E-state index in [-0.39, 0.29) is 0 Å². The van der Waals surface area contributed by atoms with E-state index in [9.17, 15) is 4.79 Å². The van der Waals surface area contributed by atoms with Crippen molar-refractivity contribution >= 4 is 34.1 Å². The van der Waals surface area contributed by atoms with Crippen molar-refractivity contribution in [3.63, 3.8) is 0 Å². The van der Waals surface area contributed by atoms with Crippen LogP contribution in [0.3, 0.4) is 0 Å². The van der Waals surface area contributed by atoms with Crippen molar-refractivity contribution in [3.8, 4) is 0 Å². The van der Waals surface area contributed by atoms with E-state index >= 15 is 0 Å². The zero-order valence-electron chi connectivity index (χ0n) is 4.80. The Morgan fingerprint density at radius 1 is 1.30 bits per heavy atom. The summed E-state index contributed by atoms with van der Waals surface area (Å²) < 4.78 is 7.69. The number of hydrogen-bond acceptors (Lipinski definition) is 4. The molecule has 6 heteroatoms. The van der Waals surface area contributed by atoms with Crippen molar-refractivity contribution in [3.05, 3.63) is 0 Å². The second-order valence-electron chi connectivity index (χ2n) is 1.17. The SMILES string of the molecule is O=C(Cl)Cl.O=C1OCCO1. The molecule has 0 bridgehead atoms. The van der Waals surface area contributed by atoms with E-state index in [1.54, 1.807) is 0 Å². The van der Waals surface area contributed by atoms with Gasteiger partial charge >= 0.3 is 10.9 Å². The van der Waals surface area contributed by atoms with E-state index < -0.39 is 10.9 Å². The monoisotopic (exact) mass is 186 g/mol. The van der Waals surface area contributed by atoms with Gasteiger partial charge in [-0.25, -0.2) is 4.79 Å². The smallest absolute Gasteiger partial charge is 0.431 e. The van der Waals surface area contributed by atoms with Crippen LogP contribution in [0.25, 0.3) is 0 Å². The molecule has 0 aliphatic carbocycles. The molecule has 0 spiro atoms. The average Bonchev–Trinajstić information content (AvgIpc) is 2.15. The maximum absolute atomic E-state index is 9.80. The molecule has 1 saturated heterocycles. The van der Waals surface area contributed by atoms with Gasteiger partial charge in [0.15, 0.2) is 0 Å². The lowest BCUT2D eigenvalue weighted by atomic mass is 10.8. The van der Waals surface area contributed by atoms with Crippen molar-refractivity contribution in [2.75, 3.05) is 13.2 Å². The van der Waals surface area contributed by atoms with Gasteiger partial charge in [0.05, 0.1) is 0 Å². The van der Waals surface area contributed by atoms with Gasteiger partial charge in [-0.05, 0) is 23.2 Å². The summed E-state index contributed by atoms with van der Waals surface area (Å²) in [6.07, 6.45) is -0.546. The molecular weight excluding hydrogens is 183 g/mol. The summed E-state index contributed by atoms with van der Waals surface area (Å²) >= 11 is 8.80. The fourth-order valence-corrected chi connectivity index (χ4v) is 0.292. The molecule has 1 aliphatic rings. The van der Waals surface area contributed by atoms with Crippen LogP contribution in [0.4, 0.5) is 9.59 Å². The van der Waals surface area contributed by atoms with E-state index in [4.69, 9.17) is 4.79 Å². The predicted molar refractivity (Wildman–Crippen MR) is 34.4 cm³/mol. The highest BCUT2D eigenvalue weighted by molar-refractivity contribution is 6.93. The Balaban J connectivity index is 0.000000180. The van der Waals surface area contributed by atoms with Crippen LogP contribution in [0.5, 0.6) is 0 Å². The molecule has 10 heavy (non-hydrogen) atoms. The van der Waals surface area contributed by atoms with Crippen LogP contribution in [0.1, 0.15) is 0 Å². The maximum Gasteiger partial charge on any atom is 0.508 e. The van der Waals surface area contributed by atoms with Gasteiger partial charge in [-0.2, -0.15) is 0 Å². The van der Waals surface area contributed by atoms with Crippen molar-refractivity contribution in [2.24, 2.45) is 0 Å². The Bertz CT molecular complexity index is 123. The topological polar surface area (TPSA) is 52.6 Å². The van der Waals surface area contributed by atoms with Gasteiger partial charge in [-0.3, -0.25) is 4.79 Å². The molecule has 4 nitrogen and oxygen atoms in total. The molecular formula is C4H4Cl2O4. The van der Waals surface area contributed by atoms with Crippen LogP contribution in [0.15, 0.2) is 0 Å². The third kappa shape index (κ3) is 7.52. The highest BCUT2D eigenvalue weighted by Gasteiger charge is 2.09. The van der Waals surface area contributed by atoms with Crippen LogP contribution in [0, 0.1) is 0 Å². The zero-order valence-corrected chi connectivity index (χ0v) is 6.31. The number of hydrogen-bond donors (Lipinski definition) is 0. The molecule has 0 amide bonds. The third-order valence-corrected chi connectivity index (χ3v) is 0.523. The number of carbonyl (C=O) groups excluding carboxylic acids is 2. The van der Waals surface area contributed by atoms with Crippen molar-refractivity contribution in [2.45, 2.75) is 0 Å². The van der Waals surface area contributed by atoms with Gasteiger partial charge in [-0.15, -0.1) is 0 Å². The first kappa shape index (κ1) is 9.52.